The number of rotatable bonds is 2. The van der Waals surface area contributed by atoms with Crippen molar-refractivity contribution in [1.29, 1.82) is 0 Å². The fraction of sp³-hybridized carbons (Fsp3) is 0.889. The maximum absolute atomic E-state index is 5.37. The lowest BCUT2D eigenvalue weighted by Crippen LogP contribution is -2.82. The first-order valence-corrected chi connectivity index (χ1v) is 4.87. The Balaban J connectivity index is 2.35. The third-order valence-electron chi connectivity index (χ3n) is 1.91. The van der Waals surface area contributed by atoms with Crippen LogP contribution in [-0.2, 0) is 0 Å². The van der Waals surface area contributed by atoms with Gasteiger partial charge in [0.15, 0.2) is 0 Å². The molecule has 0 heterocycles. The molecule has 0 spiro atoms. The van der Waals surface area contributed by atoms with Gasteiger partial charge < -0.3 is 0 Å². The molecule has 0 aromatic carbocycles. The SMILES string of the molecule is CC(C)(C)NC(NN)=[NH+]CC1CC1. The molecule has 0 radical (unpaired) electrons. The molecule has 0 aromatic rings. The van der Waals surface area contributed by atoms with Gasteiger partial charge in [-0.3, -0.25) is 10.3 Å². The van der Waals surface area contributed by atoms with Gasteiger partial charge in [0, 0.05) is 0 Å². The summed E-state index contributed by atoms with van der Waals surface area (Å²) in [6.07, 6.45) is 2.70. The quantitative estimate of drug-likeness (QED) is 0.187. The molecule has 0 saturated heterocycles. The molecule has 4 heteroatoms. The van der Waals surface area contributed by atoms with Crippen LogP contribution in [0.25, 0.3) is 0 Å². The average Bonchev–Trinajstić information content (AvgIpc) is 2.78. The summed E-state index contributed by atoms with van der Waals surface area (Å²) < 4.78 is 0. The third-order valence-corrected chi connectivity index (χ3v) is 1.91. The number of nitrogens with two attached hydrogens (primary N) is 1. The zero-order valence-corrected chi connectivity index (χ0v) is 8.78. The Bertz CT molecular complexity index is 188. The fourth-order valence-electron chi connectivity index (χ4n) is 1.07. The monoisotopic (exact) mass is 185 g/mol. The van der Waals surface area contributed by atoms with Crippen LogP contribution < -0.4 is 21.6 Å². The Kier molecular flexibility index (Phi) is 3.14. The van der Waals surface area contributed by atoms with Crippen molar-refractivity contribution in [2.24, 2.45) is 11.8 Å². The smallest absolute Gasteiger partial charge is 0.276 e. The first-order chi connectivity index (χ1) is 6.01. The molecule has 0 amide bonds. The van der Waals surface area contributed by atoms with Gasteiger partial charge in [0.25, 0.3) is 0 Å². The van der Waals surface area contributed by atoms with Crippen LogP contribution in [0.15, 0.2) is 0 Å². The molecule has 1 fully saturated rings. The first kappa shape index (κ1) is 10.3. The van der Waals surface area contributed by atoms with Gasteiger partial charge in [-0.1, -0.05) is 0 Å². The second kappa shape index (κ2) is 3.96. The van der Waals surface area contributed by atoms with Gasteiger partial charge >= 0.3 is 5.96 Å². The summed E-state index contributed by atoms with van der Waals surface area (Å²) in [6, 6.07) is 0. The zero-order chi connectivity index (χ0) is 9.90. The minimum Gasteiger partial charge on any atom is -0.276 e. The zero-order valence-electron chi connectivity index (χ0n) is 8.78. The largest absolute Gasteiger partial charge is 0.360 e. The van der Waals surface area contributed by atoms with Crippen LogP contribution in [0, 0.1) is 5.92 Å². The fourth-order valence-corrected chi connectivity index (χ4v) is 1.07. The van der Waals surface area contributed by atoms with Gasteiger partial charge in [0.05, 0.1) is 12.1 Å². The molecule has 4 nitrogen and oxygen atoms in total. The molecule has 13 heavy (non-hydrogen) atoms. The highest BCUT2D eigenvalue weighted by Crippen LogP contribution is 2.26. The van der Waals surface area contributed by atoms with E-state index in [-0.39, 0.29) is 5.54 Å². The minimum absolute atomic E-state index is 0.0399. The summed E-state index contributed by atoms with van der Waals surface area (Å²) in [5, 5.41) is 3.26. The summed E-state index contributed by atoms with van der Waals surface area (Å²) in [6.45, 7) is 7.32. The Morgan fingerprint density at radius 1 is 1.46 bits per heavy atom. The molecule has 0 bridgehead atoms. The Morgan fingerprint density at radius 3 is 2.46 bits per heavy atom. The lowest BCUT2D eigenvalue weighted by Gasteiger charge is -2.16. The van der Waals surface area contributed by atoms with Gasteiger partial charge in [0.1, 0.15) is 0 Å². The second-order valence-electron chi connectivity index (χ2n) is 4.72. The molecular weight excluding hydrogens is 164 g/mol. The van der Waals surface area contributed by atoms with Crippen molar-refractivity contribution < 1.29 is 4.99 Å². The Labute approximate surface area is 80.0 Å². The summed E-state index contributed by atoms with van der Waals surface area (Å²) in [5.74, 6) is 7.05. The van der Waals surface area contributed by atoms with Crippen molar-refractivity contribution in [3.05, 3.63) is 0 Å². The molecule has 1 rings (SSSR count). The van der Waals surface area contributed by atoms with Crippen LogP contribution in [0.1, 0.15) is 33.6 Å². The van der Waals surface area contributed by atoms with Gasteiger partial charge in [-0.05, 0) is 39.5 Å². The highest BCUT2D eigenvalue weighted by atomic mass is 15.3. The molecule has 76 valence electrons. The summed E-state index contributed by atoms with van der Waals surface area (Å²) >= 11 is 0. The van der Waals surface area contributed by atoms with E-state index >= 15 is 0 Å². The number of hydrogen-bond donors (Lipinski definition) is 4. The van der Waals surface area contributed by atoms with Crippen LogP contribution in [0.2, 0.25) is 0 Å². The van der Waals surface area contributed by atoms with E-state index in [0.717, 1.165) is 18.4 Å². The van der Waals surface area contributed by atoms with Crippen LogP contribution in [0.3, 0.4) is 0 Å². The normalized spacial score (nSPS) is 18.6. The molecule has 0 unspecified atom stereocenters. The second-order valence-corrected chi connectivity index (χ2v) is 4.72. The Hall–Kier alpha value is -0.770. The predicted octanol–water partition coefficient (Wildman–Crippen LogP) is -1.32. The first-order valence-electron chi connectivity index (χ1n) is 4.87. The molecule has 1 saturated carbocycles. The number of hydrazine groups is 1. The van der Waals surface area contributed by atoms with Gasteiger partial charge in [-0.15, -0.1) is 0 Å². The molecule has 0 aliphatic heterocycles. The highest BCUT2D eigenvalue weighted by molar-refractivity contribution is 5.73. The maximum atomic E-state index is 5.37. The van der Waals surface area contributed by atoms with E-state index in [2.05, 4.69) is 36.5 Å². The number of guanidine groups is 1. The van der Waals surface area contributed by atoms with E-state index in [4.69, 9.17) is 5.84 Å². The predicted molar refractivity (Wildman–Crippen MR) is 53.8 cm³/mol. The van der Waals surface area contributed by atoms with Crippen LogP contribution >= 0.6 is 0 Å². The van der Waals surface area contributed by atoms with Gasteiger partial charge in [-0.25, -0.2) is 5.43 Å². The van der Waals surface area contributed by atoms with Gasteiger partial charge in [0.2, 0.25) is 0 Å². The number of hydrogen-bond acceptors (Lipinski definition) is 1. The van der Waals surface area contributed by atoms with E-state index in [9.17, 15) is 0 Å². The van der Waals surface area contributed by atoms with Crippen LogP contribution in [-0.4, -0.2) is 18.0 Å². The van der Waals surface area contributed by atoms with Crippen molar-refractivity contribution in [3.8, 4) is 0 Å². The van der Waals surface area contributed by atoms with Crippen molar-refractivity contribution in [2.75, 3.05) is 6.54 Å². The van der Waals surface area contributed by atoms with E-state index in [0.29, 0.717) is 0 Å². The van der Waals surface area contributed by atoms with E-state index in [1.165, 1.54) is 12.8 Å². The van der Waals surface area contributed by atoms with Crippen molar-refractivity contribution in [2.45, 2.75) is 39.2 Å². The van der Waals surface area contributed by atoms with Crippen molar-refractivity contribution in [3.63, 3.8) is 0 Å². The topological polar surface area (TPSA) is 64.0 Å². The molecule has 1 aliphatic rings. The van der Waals surface area contributed by atoms with Crippen LogP contribution in [0.5, 0.6) is 0 Å². The standard InChI is InChI=1S/C9H20N4/c1-9(2,3)12-8(13-10)11-6-7-4-5-7/h7H,4-6,10H2,1-3H3,(H2,11,12,13)/p+1. The van der Waals surface area contributed by atoms with Crippen molar-refractivity contribution >= 4 is 5.96 Å². The average molecular weight is 185 g/mol. The van der Waals surface area contributed by atoms with Crippen LogP contribution in [0.4, 0.5) is 0 Å². The lowest BCUT2D eigenvalue weighted by molar-refractivity contribution is -0.466. The van der Waals surface area contributed by atoms with Crippen molar-refractivity contribution in [1.82, 2.24) is 10.7 Å². The highest BCUT2D eigenvalue weighted by Gasteiger charge is 2.23. The van der Waals surface area contributed by atoms with E-state index < -0.39 is 0 Å². The summed E-state index contributed by atoms with van der Waals surface area (Å²) in [4.78, 5) is 3.26. The molecule has 0 atom stereocenters. The van der Waals surface area contributed by atoms with E-state index in [1.54, 1.807) is 0 Å². The van der Waals surface area contributed by atoms with Gasteiger partial charge in [-0.2, -0.15) is 5.84 Å². The molecule has 5 N–H and O–H groups in total. The minimum atomic E-state index is 0.0399. The maximum Gasteiger partial charge on any atom is 0.360 e. The third kappa shape index (κ3) is 4.72. The molecule has 0 aromatic heterocycles. The number of nitrogens with one attached hydrogen (secondary N) is 3. The lowest BCUT2D eigenvalue weighted by atomic mass is 10.1. The summed E-state index contributed by atoms with van der Waals surface area (Å²) in [7, 11) is 0. The van der Waals surface area contributed by atoms with E-state index in [1.807, 2.05) is 0 Å². The summed E-state index contributed by atoms with van der Waals surface area (Å²) in [5.41, 5.74) is 2.68. The molecule has 1 aliphatic carbocycles. The Morgan fingerprint density at radius 2 is 2.08 bits per heavy atom. The molecular formula is C9H21N4+.